The maximum absolute atomic E-state index is 12.9. The summed E-state index contributed by atoms with van der Waals surface area (Å²) >= 11 is 0. The Kier molecular flexibility index (Phi) is 4.14. The molecule has 9 heteroatoms. The molecule has 0 amide bonds. The lowest BCUT2D eigenvalue weighted by molar-refractivity contribution is -0.143. The van der Waals surface area contributed by atoms with Crippen molar-refractivity contribution in [3.63, 3.8) is 0 Å². The largest absolute Gasteiger partial charge is 0.416 e. The first-order chi connectivity index (χ1) is 11.6. The number of hydrogen-bond acceptors (Lipinski definition) is 2. The Morgan fingerprint density at radius 2 is 1.40 bits per heavy atom. The molecule has 1 N–H and O–H groups in total. The van der Waals surface area contributed by atoms with Gasteiger partial charge in [0.1, 0.15) is 0 Å². The summed E-state index contributed by atoms with van der Waals surface area (Å²) in [5.74, 6) is 0. The van der Waals surface area contributed by atoms with Crippen LogP contribution in [0.2, 0.25) is 0 Å². The maximum atomic E-state index is 12.9. The lowest BCUT2D eigenvalue weighted by Gasteiger charge is -2.16. The number of hydrogen-bond donors (Lipinski definition) is 1. The molecular weight excluding hydrogens is 368 g/mol. The minimum Gasteiger partial charge on any atom is -0.354 e. The standard InChI is InChI=1S/C16H9F6NOS/c17-15(18,19)9-5-10(16(20,21)22)7-11(6-9)23-13-8-25(24)14-4-2-1-3-12(13)14/h1-8,23H. The molecule has 2 aromatic carbocycles. The summed E-state index contributed by atoms with van der Waals surface area (Å²) in [6, 6.07) is 7.64. The van der Waals surface area contributed by atoms with Crippen LogP contribution in [0, 0.1) is 0 Å². The normalized spacial score (nSPS) is 17.2. The number of halogens is 6. The molecule has 0 aliphatic carbocycles. The molecule has 2 nitrogen and oxygen atoms in total. The lowest BCUT2D eigenvalue weighted by atomic mass is 10.1. The molecule has 1 aliphatic heterocycles. The van der Waals surface area contributed by atoms with Crippen molar-refractivity contribution in [2.24, 2.45) is 0 Å². The summed E-state index contributed by atoms with van der Waals surface area (Å²) in [7, 11) is -1.52. The van der Waals surface area contributed by atoms with Crippen molar-refractivity contribution in [3.8, 4) is 0 Å². The zero-order valence-corrected chi connectivity index (χ0v) is 13.0. The Bertz CT molecular complexity index is 853. The van der Waals surface area contributed by atoms with Gasteiger partial charge in [-0.2, -0.15) is 26.3 Å². The van der Waals surface area contributed by atoms with E-state index in [9.17, 15) is 30.6 Å². The Morgan fingerprint density at radius 1 is 0.840 bits per heavy atom. The second-order valence-electron chi connectivity index (χ2n) is 5.24. The van der Waals surface area contributed by atoms with Crippen molar-refractivity contribution in [2.45, 2.75) is 17.2 Å². The summed E-state index contributed by atoms with van der Waals surface area (Å²) in [5, 5.41) is 3.77. The first-order valence-electron chi connectivity index (χ1n) is 6.84. The van der Waals surface area contributed by atoms with Gasteiger partial charge in [-0.05, 0) is 24.3 Å². The molecule has 0 radical (unpaired) electrons. The van der Waals surface area contributed by atoms with Gasteiger partial charge in [0.15, 0.2) is 0 Å². The van der Waals surface area contributed by atoms with Crippen LogP contribution < -0.4 is 5.32 Å². The topological polar surface area (TPSA) is 29.1 Å². The predicted octanol–water partition coefficient (Wildman–Crippen LogP) is 5.26. The van der Waals surface area contributed by atoms with Crippen molar-refractivity contribution < 1.29 is 30.6 Å². The monoisotopic (exact) mass is 377 g/mol. The fourth-order valence-corrected chi connectivity index (χ4v) is 3.51. The summed E-state index contributed by atoms with van der Waals surface area (Å²) in [6.45, 7) is 0. The molecule has 25 heavy (non-hydrogen) atoms. The van der Waals surface area contributed by atoms with Crippen molar-refractivity contribution in [1.82, 2.24) is 0 Å². The first-order valence-corrected chi connectivity index (χ1v) is 8.05. The van der Waals surface area contributed by atoms with Gasteiger partial charge < -0.3 is 5.32 Å². The highest BCUT2D eigenvalue weighted by Crippen LogP contribution is 2.39. The highest BCUT2D eigenvalue weighted by Gasteiger charge is 2.37. The average Bonchev–Trinajstić information content (AvgIpc) is 2.82. The molecule has 0 fully saturated rings. The van der Waals surface area contributed by atoms with Crippen LogP contribution in [0.4, 0.5) is 32.0 Å². The van der Waals surface area contributed by atoms with Gasteiger partial charge in [0, 0.05) is 16.7 Å². The average molecular weight is 377 g/mol. The number of benzene rings is 2. The second-order valence-corrected chi connectivity index (χ2v) is 6.51. The molecule has 1 heterocycles. The minimum absolute atomic E-state index is 0.0559. The molecule has 1 unspecified atom stereocenters. The van der Waals surface area contributed by atoms with Gasteiger partial charge in [0.05, 0.1) is 32.5 Å². The van der Waals surface area contributed by atoms with E-state index in [0.717, 1.165) is 0 Å². The number of nitrogens with one attached hydrogen (secondary N) is 1. The SMILES string of the molecule is O=S1C=C(Nc2cc(C(F)(F)F)cc(C(F)(F)F)c2)c2ccccc21. The number of fused-ring (bicyclic) bond motifs is 1. The third kappa shape index (κ3) is 3.55. The molecule has 0 saturated carbocycles. The quantitative estimate of drug-likeness (QED) is 0.724. The Labute approximate surface area is 140 Å². The summed E-state index contributed by atoms with van der Waals surface area (Å²) in [4.78, 5) is 0.438. The van der Waals surface area contributed by atoms with Crippen molar-refractivity contribution in [2.75, 3.05) is 5.32 Å². The van der Waals surface area contributed by atoms with E-state index in [1.165, 1.54) is 5.41 Å². The van der Waals surface area contributed by atoms with Crippen molar-refractivity contribution in [3.05, 3.63) is 64.6 Å². The Balaban J connectivity index is 2.04. The van der Waals surface area contributed by atoms with E-state index in [2.05, 4.69) is 5.32 Å². The third-order valence-electron chi connectivity index (χ3n) is 3.49. The van der Waals surface area contributed by atoms with E-state index >= 15 is 0 Å². The van der Waals surface area contributed by atoms with Gasteiger partial charge >= 0.3 is 12.4 Å². The van der Waals surface area contributed by atoms with Gasteiger partial charge in [-0.25, -0.2) is 4.21 Å². The van der Waals surface area contributed by atoms with Crippen LogP contribution in [0.25, 0.3) is 5.70 Å². The van der Waals surface area contributed by atoms with Gasteiger partial charge in [-0.3, -0.25) is 0 Å². The number of rotatable bonds is 2. The smallest absolute Gasteiger partial charge is 0.354 e. The van der Waals surface area contributed by atoms with E-state index in [4.69, 9.17) is 0 Å². The van der Waals surface area contributed by atoms with E-state index in [1.54, 1.807) is 24.3 Å². The Morgan fingerprint density at radius 3 is 1.96 bits per heavy atom. The van der Waals surface area contributed by atoms with E-state index in [1.807, 2.05) is 0 Å². The fraction of sp³-hybridized carbons (Fsp3) is 0.125. The van der Waals surface area contributed by atoms with Crippen LogP contribution in [0.3, 0.4) is 0 Å². The molecule has 0 bridgehead atoms. The Hall–Kier alpha value is -2.29. The lowest BCUT2D eigenvalue weighted by Crippen LogP contribution is -2.12. The van der Waals surface area contributed by atoms with Crippen LogP contribution in [-0.2, 0) is 23.2 Å². The zero-order chi connectivity index (χ0) is 18.4. The van der Waals surface area contributed by atoms with Gasteiger partial charge in [0.25, 0.3) is 0 Å². The summed E-state index contributed by atoms with van der Waals surface area (Å²) in [6.07, 6.45) is -9.86. The fourth-order valence-electron chi connectivity index (χ4n) is 2.38. The van der Waals surface area contributed by atoms with Gasteiger partial charge in [-0.15, -0.1) is 0 Å². The van der Waals surface area contributed by atoms with Crippen LogP contribution in [0.1, 0.15) is 16.7 Å². The zero-order valence-electron chi connectivity index (χ0n) is 12.2. The molecule has 1 aliphatic rings. The predicted molar refractivity (Wildman–Crippen MR) is 80.9 cm³/mol. The van der Waals surface area contributed by atoms with E-state index < -0.39 is 34.3 Å². The number of alkyl halides is 6. The summed E-state index contributed by atoms with van der Waals surface area (Å²) in [5.41, 5.74) is -2.56. The van der Waals surface area contributed by atoms with Crippen LogP contribution in [0.15, 0.2) is 52.8 Å². The second kappa shape index (κ2) is 5.91. The van der Waals surface area contributed by atoms with Gasteiger partial charge in [0.2, 0.25) is 0 Å². The van der Waals surface area contributed by atoms with E-state index in [-0.39, 0.29) is 17.5 Å². The van der Waals surface area contributed by atoms with Crippen LogP contribution >= 0.6 is 0 Å². The first kappa shape index (κ1) is 17.5. The van der Waals surface area contributed by atoms with Crippen molar-refractivity contribution >= 4 is 22.2 Å². The molecule has 2 aromatic rings. The third-order valence-corrected chi connectivity index (χ3v) is 4.72. The minimum atomic E-state index is -4.93. The number of anilines is 1. The van der Waals surface area contributed by atoms with Crippen LogP contribution in [0.5, 0.6) is 0 Å². The van der Waals surface area contributed by atoms with Gasteiger partial charge in [-0.1, -0.05) is 18.2 Å². The molecule has 0 aromatic heterocycles. The molecule has 132 valence electrons. The van der Waals surface area contributed by atoms with Crippen LogP contribution in [-0.4, -0.2) is 4.21 Å². The highest BCUT2D eigenvalue weighted by molar-refractivity contribution is 7.88. The van der Waals surface area contributed by atoms with E-state index in [0.29, 0.717) is 22.6 Å². The molecule has 1 atom stereocenters. The maximum Gasteiger partial charge on any atom is 0.416 e. The summed E-state index contributed by atoms with van der Waals surface area (Å²) < 4.78 is 89.3. The molecule has 3 rings (SSSR count). The molecule has 0 saturated heterocycles. The molecular formula is C16H9F6NOS. The van der Waals surface area contributed by atoms with Crippen molar-refractivity contribution in [1.29, 1.82) is 0 Å². The molecule has 0 spiro atoms. The highest BCUT2D eigenvalue weighted by atomic mass is 32.2.